The molecule has 0 amide bonds. The zero-order chi connectivity index (χ0) is 14.5. The van der Waals surface area contributed by atoms with E-state index in [9.17, 15) is 0 Å². The summed E-state index contributed by atoms with van der Waals surface area (Å²) in [4.78, 5) is 0. The molecule has 0 heterocycles. The van der Waals surface area contributed by atoms with E-state index in [1.807, 2.05) is 24.3 Å². The summed E-state index contributed by atoms with van der Waals surface area (Å²) in [6.07, 6.45) is 0.922. The van der Waals surface area contributed by atoms with Gasteiger partial charge in [0, 0.05) is 5.02 Å². The van der Waals surface area contributed by atoms with Crippen LogP contribution in [0.4, 0.5) is 0 Å². The van der Waals surface area contributed by atoms with Crippen LogP contribution in [0, 0.1) is 0 Å². The van der Waals surface area contributed by atoms with Gasteiger partial charge in [-0.15, -0.1) is 0 Å². The average Bonchev–Trinajstić information content (AvgIpc) is 2.48. The van der Waals surface area contributed by atoms with E-state index in [-0.39, 0.29) is 5.84 Å². The van der Waals surface area contributed by atoms with Crippen LogP contribution in [0.2, 0.25) is 5.02 Å². The molecule has 0 spiro atoms. The number of ether oxygens (including phenoxy) is 1. The molecule has 4 nitrogen and oxygen atoms in total. The molecule has 2 aromatic carbocycles. The Morgan fingerprint density at radius 1 is 1.30 bits per heavy atom. The fourth-order valence-electron chi connectivity index (χ4n) is 1.80. The number of rotatable bonds is 4. The fourth-order valence-corrected chi connectivity index (χ4v) is 1.97. The van der Waals surface area contributed by atoms with E-state index in [0.29, 0.717) is 22.1 Å². The molecule has 0 atom stereocenters. The van der Waals surface area contributed by atoms with E-state index in [2.05, 4.69) is 12.1 Å². The number of nitrogens with zero attached hydrogens (tertiary/aromatic N) is 1. The summed E-state index contributed by atoms with van der Waals surface area (Å²) in [5, 5.41) is 12.3. The third-order valence-electron chi connectivity index (χ3n) is 2.86. The lowest BCUT2D eigenvalue weighted by Crippen LogP contribution is -2.14. The predicted molar refractivity (Wildman–Crippen MR) is 79.9 cm³/mol. The van der Waals surface area contributed by atoms with Gasteiger partial charge in [-0.25, -0.2) is 0 Å². The van der Waals surface area contributed by atoms with Gasteiger partial charge in [-0.2, -0.15) is 0 Å². The smallest absolute Gasteiger partial charge is 0.173 e. The lowest BCUT2D eigenvalue weighted by atomic mass is 10.1. The first-order valence-corrected chi connectivity index (χ1v) is 6.56. The Balaban J connectivity index is 2.37. The van der Waals surface area contributed by atoms with Crippen molar-refractivity contribution in [1.82, 2.24) is 0 Å². The lowest BCUT2D eigenvalue weighted by molar-refractivity contribution is 0.318. The van der Waals surface area contributed by atoms with Crippen molar-refractivity contribution in [3.63, 3.8) is 0 Å². The lowest BCUT2D eigenvalue weighted by Gasteiger charge is -2.11. The molecule has 0 aromatic heterocycles. The molecule has 0 aliphatic heterocycles. The molecule has 0 radical (unpaired) electrons. The zero-order valence-electron chi connectivity index (χ0n) is 11.0. The molecule has 0 unspecified atom stereocenters. The van der Waals surface area contributed by atoms with E-state index >= 15 is 0 Å². The van der Waals surface area contributed by atoms with Crippen LogP contribution in [0.1, 0.15) is 18.1 Å². The predicted octanol–water partition coefficient (Wildman–Crippen LogP) is 3.79. The van der Waals surface area contributed by atoms with Gasteiger partial charge in [0.2, 0.25) is 0 Å². The molecule has 20 heavy (non-hydrogen) atoms. The number of hydrogen-bond acceptors (Lipinski definition) is 3. The van der Waals surface area contributed by atoms with Gasteiger partial charge >= 0.3 is 0 Å². The van der Waals surface area contributed by atoms with Crippen LogP contribution >= 0.6 is 11.6 Å². The molecule has 0 saturated heterocycles. The summed E-state index contributed by atoms with van der Waals surface area (Å²) in [6.45, 7) is 2.07. The number of benzene rings is 2. The van der Waals surface area contributed by atoms with Gasteiger partial charge in [-0.05, 0) is 42.3 Å². The molecule has 104 valence electrons. The molecular formula is C15H15ClN2O2. The third-order valence-corrected chi connectivity index (χ3v) is 3.09. The van der Waals surface area contributed by atoms with Crippen molar-refractivity contribution in [3.8, 4) is 11.5 Å². The average molecular weight is 291 g/mol. The molecule has 0 bridgehead atoms. The van der Waals surface area contributed by atoms with Gasteiger partial charge < -0.3 is 15.7 Å². The first kappa shape index (κ1) is 14.2. The van der Waals surface area contributed by atoms with Crippen LogP contribution in [0.15, 0.2) is 47.6 Å². The number of halogens is 1. The van der Waals surface area contributed by atoms with Gasteiger partial charge in [0.05, 0.1) is 5.56 Å². The van der Waals surface area contributed by atoms with Crippen LogP contribution in [-0.2, 0) is 6.42 Å². The van der Waals surface area contributed by atoms with Crippen molar-refractivity contribution in [2.24, 2.45) is 10.9 Å². The highest BCUT2D eigenvalue weighted by atomic mass is 35.5. The van der Waals surface area contributed by atoms with Gasteiger partial charge in [-0.1, -0.05) is 35.8 Å². The van der Waals surface area contributed by atoms with Crippen LogP contribution < -0.4 is 10.5 Å². The van der Waals surface area contributed by atoms with Crippen LogP contribution in [0.3, 0.4) is 0 Å². The second-order valence-corrected chi connectivity index (χ2v) is 4.67. The number of nitrogens with two attached hydrogens (primary N) is 1. The quantitative estimate of drug-likeness (QED) is 0.389. The van der Waals surface area contributed by atoms with Gasteiger partial charge in [-0.3, -0.25) is 0 Å². The maximum Gasteiger partial charge on any atom is 0.173 e. The molecule has 0 saturated carbocycles. The van der Waals surface area contributed by atoms with Crippen molar-refractivity contribution in [1.29, 1.82) is 0 Å². The Morgan fingerprint density at radius 2 is 2.10 bits per heavy atom. The first-order chi connectivity index (χ1) is 9.63. The van der Waals surface area contributed by atoms with E-state index in [1.54, 1.807) is 18.2 Å². The second-order valence-electron chi connectivity index (χ2n) is 4.23. The maximum atomic E-state index is 8.82. The highest BCUT2D eigenvalue weighted by Gasteiger charge is 2.10. The Hall–Kier alpha value is -2.20. The highest BCUT2D eigenvalue weighted by molar-refractivity contribution is 6.31. The minimum Gasteiger partial charge on any atom is -0.457 e. The minimum atomic E-state index is -0.0471. The molecule has 2 rings (SSSR count). The van der Waals surface area contributed by atoms with Crippen molar-refractivity contribution in [2.75, 3.05) is 0 Å². The molecule has 0 fully saturated rings. The number of amidine groups is 1. The minimum absolute atomic E-state index is 0.0471. The molecule has 3 N–H and O–H groups in total. The Labute approximate surface area is 122 Å². The van der Waals surface area contributed by atoms with Crippen molar-refractivity contribution in [2.45, 2.75) is 13.3 Å². The third kappa shape index (κ3) is 3.22. The summed E-state index contributed by atoms with van der Waals surface area (Å²) in [5.41, 5.74) is 7.25. The van der Waals surface area contributed by atoms with E-state index in [1.165, 1.54) is 5.56 Å². The maximum absolute atomic E-state index is 8.82. The topological polar surface area (TPSA) is 67.8 Å². The van der Waals surface area contributed by atoms with E-state index in [4.69, 9.17) is 27.3 Å². The summed E-state index contributed by atoms with van der Waals surface area (Å²) in [6, 6.07) is 12.7. The molecular weight excluding hydrogens is 276 g/mol. The molecule has 0 aliphatic carbocycles. The van der Waals surface area contributed by atoms with Crippen molar-refractivity contribution < 1.29 is 9.94 Å². The van der Waals surface area contributed by atoms with Gasteiger partial charge in [0.15, 0.2) is 5.84 Å². The molecule has 5 heteroatoms. The Kier molecular flexibility index (Phi) is 4.48. The highest BCUT2D eigenvalue weighted by Crippen LogP contribution is 2.28. The molecule has 0 aliphatic rings. The molecule has 2 aromatic rings. The summed E-state index contributed by atoms with van der Waals surface area (Å²) in [7, 11) is 0. The van der Waals surface area contributed by atoms with Gasteiger partial charge in [0.25, 0.3) is 0 Å². The summed E-state index contributed by atoms with van der Waals surface area (Å²) in [5.74, 6) is 1.13. The van der Waals surface area contributed by atoms with Crippen molar-refractivity contribution >= 4 is 17.4 Å². The number of hydrogen-bond donors (Lipinski definition) is 2. The number of oxime groups is 1. The standard InChI is InChI=1S/C15H15ClN2O2/c1-2-10-4-3-5-12(8-10)20-14-7-6-11(16)9-13(14)15(17)18-19/h3-9,19H,2H2,1H3,(H2,17,18). The summed E-state index contributed by atoms with van der Waals surface area (Å²) < 4.78 is 5.80. The number of aryl methyl sites for hydroxylation is 1. The Morgan fingerprint density at radius 3 is 2.80 bits per heavy atom. The fraction of sp³-hybridized carbons (Fsp3) is 0.133. The zero-order valence-corrected chi connectivity index (χ0v) is 11.8. The van der Waals surface area contributed by atoms with Gasteiger partial charge in [0.1, 0.15) is 11.5 Å². The largest absolute Gasteiger partial charge is 0.457 e. The van der Waals surface area contributed by atoms with Crippen LogP contribution in [0.5, 0.6) is 11.5 Å². The first-order valence-electron chi connectivity index (χ1n) is 6.18. The SMILES string of the molecule is CCc1cccc(Oc2ccc(Cl)cc2C(N)=NO)c1. The monoisotopic (exact) mass is 290 g/mol. The Bertz CT molecular complexity index is 642. The van der Waals surface area contributed by atoms with E-state index in [0.717, 1.165) is 6.42 Å². The summed E-state index contributed by atoms with van der Waals surface area (Å²) >= 11 is 5.92. The van der Waals surface area contributed by atoms with Crippen LogP contribution in [0.25, 0.3) is 0 Å². The normalized spacial score (nSPS) is 11.4. The van der Waals surface area contributed by atoms with Crippen LogP contribution in [-0.4, -0.2) is 11.0 Å². The van der Waals surface area contributed by atoms with Crippen molar-refractivity contribution in [3.05, 3.63) is 58.6 Å². The second kappa shape index (κ2) is 6.30. The van der Waals surface area contributed by atoms with E-state index < -0.39 is 0 Å².